The van der Waals surface area contributed by atoms with Gasteiger partial charge in [-0.15, -0.1) is 0 Å². The summed E-state index contributed by atoms with van der Waals surface area (Å²) in [5.41, 5.74) is 0. The molecule has 0 bridgehead atoms. The lowest BCUT2D eigenvalue weighted by molar-refractivity contribution is 0.936. The Bertz CT molecular complexity index is 473. The molecule has 0 unspecified atom stereocenters. The van der Waals surface area contributed by atoms with Crippen molar-refractivity contribution >= 4 is 34.8 Å². The van der Waals surface area contributed by atoms with Crippen LogP contribution in [0.1, 0.15) is 0 Å². The van der Waals surface area contributed by atoms with Gasteiger partial charge in [0.25, 0.3) is 0 Å². The highest BCUT2D eigenvalue weighted by molar-refractivity contribution is 6.37. The zero-order chi connectivity index (χ0) is 12.8. The number of nitrogens with one attached hydrogen (secondary N) is 1. The van der Waals surface area contributed by atoms with Crippen molar-refractivity contribution in [1.82, 2.24) is 4.98 Å². The van der Waals surface area contributed by atoms with Crippen LogP contribution in [0.5, 0.6) is 0 Å². The van der Waals surface area contributed by atoms with E-state index in [4.69, 9.17) is 33.7 Å². The molecule has 88 valence electrons. The predicted octanol–water partition coefficient (Wildman–Crippen LogP) is 2.28. The SMILES string of the molecule is CNc1nc(N(CC#N)CC#N)c(Cl)cc1Cl. The van der Waals surface area contributed by atoms with Gasteiger partial charge in [-0.25, -0.2) is 4.98 Å². The Morgan fingerprint density at radius 3 is 2.35 bits per heavy atom. The summed E-state index contributed by atoms with van der Waals surface area (Å²) in [4.78, 5) is 5.65. The normalized spacial score (nSPS) is 9.24. The first-order valence-corrected chi connectivity index (χ1v) is 5.42. The second-order valence-electron chi connectivity index (χ2n) is 3.05. The minimum atomic E-state index is 0.0328. The van der Waals surface area contributed by atoms with Crippen molar-refractivity contribution in [3.63, 3.8) is 0 Å². The fraction of sp³-hybridized carbons (Fsp3) is 0.300. The zero-order valence-electron chi connectivity index (χ0n) is 9.04. The maximum atomic E-state index is 8.68. The van der Waals surface area contributed by atoms with E-state index in [0.29, 0.717) is 21.7 Å². The summed E-state index contributed by atoms with van der Waals surface area (Å²) in [6.07, 6.45) is 0. The van der Waals surface area contributed by atoms with Gasteiger partial charge in [0.2, 0.25) is 0 Å². The van der Waals surface area contributed by atoms with Crippen LogP contribution in [0.25, 0.3) is 0 Å². The predicted molar refractivity (Wildman–Crippen MR) is 67.2 cm³/mol. The largest absolute Gasteiger partial charge is 0.372 e. The van der Waals surface area contributed by atoms with Gasteiger partial charge < -0.3 is 10.2 Å². The molecule has 0 aliphatic carbocycles. The molecule has 5 nitrogen and oxygen atoms in total. The van der Waals surface area contributed by atoms with Crippen molar-refractivity contribution in [2.75, 3.05) is 30.4 Å². The van der Waals surface area contributed by atoms with Gasteiger partial charge in [-0.1, -0.05) is 23.2 Å². The van der Waals surface area contributed by atoms with Crippen LogP contribution in [-0.2, 0) is 0 Å². The lowest BCUT2D eigenvalue weighted by atomic mass is 10.4. The Hall–Kier alpha value is -1.69. The fourth-order valence-electron chi connectivity index (χ4n) is 1.23. The number of rotatable bonds is 4. The van der Waals surface area contributed by atoms with E-state index < -0.39 is 0 Å². The molecular weight excluding hydrogens is 261 g/mol. The van der Waals surface area contributed by atoms with Gasteiger partial charge in [0.15, 0.2) is 5.82 Å². The van der Waals surface area contributed by atoms with E-state index in [1.807, 2.05) is 12.1 Å². The van der Waals surface area contributed by atoms with E-state index in [2.05, 4.69) is 10.3 Å². The fourth-order valence-corrected chi connectivity index (χ4v) is 1.80. The molecule has 1 rings (SSSR count). The topological polar surface area (TPSA) is 75.7 Å². The second kappa shape index (κ2) is 6.15. The van der Waals surface area contributed by atoms with Crippen molar-refractivity contribution in [3.8, 4) is 12.1 Å². The lowest BCUT2D eigenvalue weighted by Gasteiger charge is -2.19. The summed E-state index contributed by atoms with van der Waals surface area (Å²) in [5, 5.41) is 20.9. The minimum Gasteiger partial charge on any atom is -0.372 e. The molecule has 17 heavy (non-hydrogen) atoms. The third-order valence-corrected chi connectivity index (χ3v) is 2.54. The molecule has 0 saturated carbocycles. The zero-order valence-corrected chi connectivity index (χ0v) is 10.5. The van der Waals surface area contributed by atoms with E-state index in [-0.39, 0.29) is 13.1 Å². The van der Waals surface area contributed by atoms with Gasteiger partial charge in [-0.2, -0.15) is 10.5 Å². The van der Waals surface area contributed by atoms with Crippen molar-refractivity contribution in [3.05, 3.63) is 16.1 Å². The smallest absolute Gasteiger partial charge is 0.151 e. The molecular formula is C10H9Cl2N5. The van der Waals surface area contributed by atoms with E-state index in [1.165, 1.54) is 11.0 Å². The van der Waals surface area contributed by atoms with Crippen LogP contribution in [0.3, 0.4) is 0 Å². The van der Waals surface area contributed by atoms with Gasteiger partial charge in [0, 0.05) is 7.05 Å². The Balaban J connectivity index is 3.19. The first-order chi connectivity index (χ1) is 8.13. The molecule has 0 aliphatic heterocycles. The highest BCUT2D eigenvalue weighted by Gasteiger charge is 2.14. The molecule has 1 heterocycles. The van der Waals surface area contributed by atoms with Crippen molar-refractivity contribution in [2.24, 2.45) is 0 Å². The lowest BCUT2D eigenvalue weighted by Crippen LogP contribution is -2.25. The summed E-state index contributed by atoms with van der Waals surface area (Å²) in [5.74, 6) is 0.815. The van der Waals surface area contributed by atoms with Crippen LogP contribution < -0.4 is 10.2 Å². The van der Waals surface area contributed by atoms with Gasteiger partial charge in [-0.05, 0) is 6.07 Å². The number of nitrogens with zero attached hydrogens (tertiary/aromatic N) is 4. The first kappa shape index (κ1) is 13.4. The maximum absolute atomic E-state index is 8.68. The maximum Gasteiger partial charge on any atom is 0.151 e. The van der Waals surface area contributed by atoms with E-state index in [0.717, 1.165) is 0 Å². The molecule has 0 saturated heterocycles. The number of hydrogen-bond donors (Lipinski definition) is 1. The summed E-state index contributed by atoms with van der Waals surface area (Å²) >= 11 is 11.9. The van der Waals surface area contributed by atoms with Crippen LogP contribution in [0.4, 0.5) is 11.6 Å². The Labute approximate surface area is 109 Å². The summed E-state index contributed by atoms with van der Waals surface area (Å²) in [6.45, 7) is 0.0656. The first-order valence-electron chi connectivity index (χ1n) is 4.66. The van der Waals surface area contributed by atoms with Crippen LogP contribution in [0.15, 0.2) is 6.07 Å². The number of aromatic nitrogens is 1. The molecule has 0 aromatic carbocycles. The molecule has 0 atom stereocenters. The van der Waals surface area contributed by atoms with Gasteiger partial charge in [0.05, 0.1) is 22.2 Å². The molecule has 7 heteroatoms. The number of nitriles is 2. The van der Waals surface area contributed by atoms with Crippen molar-refractivity contribution in [1.29, 1.82) is 10.5 Å². The molecule has 0 spiro atoms. The van der Waals surface area contributed by atoms with Gasteiger partial charge in [0.1, 0.15) is 18.9 Å². The number of pyridine rings is 1. The summed E-state index contributed by atoms with van der Waals surface area (Å²) in [6, 6.07) is 5.43. The highest BCUT2D eigenvalue weighted by atomic mass is 35.5. The third-order valence-electron chi connectivity index (χ3n) is 1.97. The monoisotopic (exact) mass is 269 g/mol. The Kier molecular flexibility index (Phi) is 4.84. The third kappa shape index (κ3) is 3.13. The molecule has 0 radical (unpaired) electrons. The average Bonchev–Trinajstić information content (AvgIpc) is 2.29. The average molecular weight is 270 g/mol. The summed E-state index contributed by atoms with van der Waals surface area (Å²) in [7, 11) is 1.67. The van der Waals surface area contributed by atoms with Crippen LogP contribution >= 0.6 is 23.2 Å². The minimum absolute atomic E-state index is 0.0328. The highest BCUT2D eigenvalue weighted by Crippen LogP contribution is 2.30. The van der Waals surface area contributed by atoms with Gasteiger partial charge >= 0.3 is 0 Å². The van der Waals surface area contributed by atoms with Crippen molar-refractivity contribution < 1.29 is 0 Å². The standard InChI is InChI=1S/C10H9Cl2N5/c1-15-9-7(11)6-8(12)10(16-9)17(4-2-13)5-3-14/h6H,4-5H2,1H3,(H,15,16). The van der Waals surface area contributed by atoms with Crippen molar-refractivity contribution in [2.45, 2.75) is 0 Å². The van der Waals surface area contributed by atoms with Crippen LogP contribution in [0.2, 0.25) is 10.0 Å². The number of anilines is 2. The molecule has 1 aromatic rings. The second-order valence-corrected chi connectivity index (χ2v) is 3.86. The Morgan fingerprint density at radius 2 is 1.88 bits per heavy atom. The molecule has 1 aromatic heterocycles. The van der Waals surface area contributed by atoms with E-state index in [1.54, 1.807) is 7.05 Å². The van der Waals surface area contributed by atoms with Gasteiger partial charge in [-0.3, -0.25) is 0 Å². The molecule has 1 N–H and O–H groups in total. The van der Waals surface area contributed by atoms with E-state index in [9.17, 15) is 0 Å². The molecule has 0 amide bonds. The number of hydrogen-bond acceptors (Lipinski definition) is 5. The van der Waals surface area contributed by atoms with Crippen LogP contribution in [0, 0.1) is 22.7 Å². The molecule has 0 aliphatic rings. The quantitative estimate of drug-likeness (QED) is 0.849. The van der Waals surface area contributed by atoms with E-state index >= 15 is 0 Å². The molecule has 0 fully saturated rings. The summed E-state index contributed by atoms with van der Waals surface area (Å²) < 4.78 is 0. The Morgan fingerprint density at radius 1 is 1.29 bits per heavy atom. The van der Waals surface area contributed by atoms with Crippen LogP contribution in [-0.4, -0.2) is 25.1 Å². The number of halogens is 2.